The number of ether oxygens (including phenoxy) is 1. The fourth-order valence-corrected chi connectivity index (χ4v) is 1.76. The number of alkyl halides is 3. The zero-order chi connectivity index (χ0) is 13.9. The average molecular weight is 301 g/mol. The SMILES string of the molecule is CCOc1cc(Cl)c(C(=O)CC(F)(F)F)cc1Cl. The first kappa shape index (κ1) is 15.1. The van der Waals surface area contributed by atoms with Gasteiger partial charge in [0.25, 0.3) is 0 Å². The van der Waals surface area contributed by atoms with Crippen LogP contribution in [-0.4, -0.2) is 18.6 Å². The Hall–Kier alpha value is -0.940. The standard InChI is InChI=1S/C11H9Cl2F3O2/c1-2-18-10-4-7(12)6(3-8(10)13)9(17)5-11(14,15)16/h3-4H,2,5H2,1H3. The van der Waals surface area contributed by atoms with Crippen LogP contribution < -0.4 is 4.74 Å². The van der Waals surface area contributed by atoms with Crippen LogP contribution in [0.5, 0.6) is 5.75 Å². The van der Waals surface area contributed by atoms with Crippen molar-refractivity contribution in [2.24, 2.45) is 0 Å². The van der Waals surface area contributed by atoms with Crippen LogP contribution in [-0.2, 0) is 0 Å². The van der Waals surface area contributed by atoms with Gasteiger partial charge in [0.1, 0.15) is 12.2 Å². The van der Waals surface area contributed by atoms with Gasteiger partial charge in [-0.2, -0.15) is 13.2 Å². The van der Waals surface area contributed by atoms with E-state index in [0.29, 0.717) is 6.61 Å². The number of benzene rings is 1. The van der Waals surface area contributed by atoms with E-state index < -0.39 is 18.4 Å². The third kappa shape index (κ3) is 4.07. The molecule has 0 aliphatic heterocycles. The molecular weight excluding hydrogens is 292 g/mol. The van der Waals surface area contributed by atoms with Crippen LogP contribution >= 0.6 is 23.2 Å². The predicted molar refractivity (Wildman–Crippen MR) is 62.6 cm³/mol. The molecule has 0 spiro atoms. The molecule has 0 bridgehead atoms. The fraction of sp³-hybridized carbons (Fsp3) is 0.364. The van der Waals surface area contributed by atoms with E-state index in [9.17, 15) is 18.0 Å². The molecule has 0 aliphatic carbocycles. The number of halogens is 5. The first-order chi connectivity index (χ1) is 8.24. The summed E-state index contributed by atoms with van der Waals surface area (Å²) in [5.41, 5.74) is -0.262. The van der Waals surface area contributed by atoms with Crippen molar-refractivity contribution in [3.05, 3.63) is 27.7 Å². The van der Waals surface area contributed by atoms with Gasteiger partial charge in [0.05, 0.1) is 16.7 Å². The highest BCUT2D eigenvalue weighted by Crippen LogP contribution is 2.33. The number of rotatable bonds is 4. The highest BCUT2D eigenvalue weighted by atomic mass is 35.5. The monoisotopic (exact) mass is 300 g/mol. The second-order valence-electron chi connectivity index (χ2n) is 3.41. The van der Waals surface area contributed by atoms with Crippen molar-refractivity contribution in [1.82, 2.24) is 0 Å². The molecule has 0 radical (unpaired) electrons. The van der Waals surface area contributed by atoms with Crippen molar-refractivity contribution in [3.63, 3.8) is 0 Å². The van der Waals surface area contributed by atoms with Crippen LogP contribution in [0.15, 0.2) is 12.1 Å². The molecule has 0 atom stereocenters. The number of Topliss-reactive ketones (excluding diaryl/α,β-unsaturated/α-hetero) is 1. The van der Waals surface area contributed by atoms with Gasteiger partial charge in [0.15, 0.2) is 5.78 Å². The summed E-state index contributed by atoms with van der Waals surface area (Å²) >= 11 is 11.5. The Morgan fingerprint density at radius 3 is 2.39 bits per heavy atom. The third-order valence-electron chi connectivity index (χ3n) is 1.98. The molecule has 0 N–H and O–H groups in total. The summed E-state index contributed by atoms with van der Waals surface area (Å²) in [6, 6.07) is 2.32. The third-order valence-corrected chi connectivity index (χ3v) is 2.59. The van der Waals surface area contributed by atoms with Crippen LogP contribution in [0.3, 0.4) is 0 Å². The van der Waals surface area contributed by atoms with Gasteiger partial charge < -0.3 is 4.74 Å². The number of ketones is 1. The van der Waals surface area contributed by atoms with Gasteiger partial charge in [0.2, 0.25) is 0 Å². The van der Waals surface area contributed by atoms with Crippen molar-refractivity contribution in [3.8, 4) is 5.75 Å². The van der Waals surface area contributed by atoms with E-state index in [1.807, 2.05) is 0 Å². The van der Waals surface area contributed by atoms with Gasteiger partial charge in [-0.15, -0.1) is 0 Å². The van der Waals surface area contributed by atoms with Crippen molar-refractivity contribution < 1.29 is 22.7 Å². The summed E-state index contributed by atoms with van der Waals surface area (Å²) in [5, 5.41) is -0.0659. The lowest BCUT2D eigenvalue weighted by Crippen LogP contribution is -2.15. The van der Waals surface area contributed by atoms with Gasteiger partial charge in [-0.25, -0.2) is 0 Å². The normalized spacial score (nSPS) is 11.4. The minimum atomic E-state index is -4.58. The molecule has 0 amide bonds. The van der Waals surface area contributed by atoms with Crippen LogP contribution in [0.4, 0.5) is 13.2 Å². The van der Waals surface area contributed by atoms with E-state index in [-0.39, 0.29) is 21.4 Å². The molecule has 1 rings (SSSR count). The van der Waals surface area contributed by atoms with Crippen LogP contribution in [0.1, 0.15) is 23.7 Å². The molecule has 18 heavy (non-hydrogen) atoms. The molecule has 7 heteroatoms. The molecule has 2 nitrogen and oxygen atoms in total. The number of hydrogen-bond donors (Lipinski definition) is 0. The predicted octanol–water partition coefficient (Wildman–Crippen LogP) is 4.53. The smallest absolute Gasteiger partial charge is 0.396 e. The van der Waals surface area contributed by atoms with Crippen LogP contribution in [0, 0.1) is 0 Å². The summed E-state index contributed by atoms with van der Waals surface area (Å²) in [6.07, 6.45) is -6.15. The quantitative estimate of drug-likeness (QED) is 0.764. The molecular formula is C11H9Cl2F3O2. The summed E-state index contributed by atoms with van der Waals surface area (Å²) in [6.45, 7) is 2.04. The maximum atomic E-state index is 12.1. The second kappa shape index (κ2) is 5.80. The Balaban J connectivity index is 3.04. The summed E-state index contributed by atoms with van der Waals surface area (Å²) in [4.78, 5) is 11.4. The van der Waals surface area contributed by atoms with E-state index in [2.05, 4.69) is 0 Å². The molecule has 0 saturated heterocycles. The molecule has 1 aromatic rings. The molecule has 0 unspecified atom stereocenters. The van der Waals surface area contributed by atoms with Crippen molar-refractivity contribution in [1.29, 1.82) is 0 Å². The largest absolute Gasteiger partial charge is 0.492 e. The molecule has 0 aliphatic rings. The number of hydrogen-bond acceptors (Lipinski definition) is 2. The van der Waals surface area contributed by atoms with Gasteiger partial charge in [-0.05, 0) is 13.0 Å². The van der Waals surface area contributed by atoms with E-state index in [1.54, 1.807) is 6.92 Å². The molecule has 0 heterocycles. The van der Waals surface area contributed by atoms with Crippen LogP contribution in [0.2, 0.25) is 10.0 Å². The minimum Gasteiger partial charge on any atom is -0.492 e. The van der Waals surface area contributed by atoms with E-state index in [4.69, 9.17) is 27.9 Å². The highest BCUT2D eigenvalue weighted by molar-refractivity contribution is 6.36. The van der Waals surface area contributed by atoms with Crippen molar-refractivity contribution >= 4 is 29.0 Å². The summed E-state index contributed by atoms with van der Waals surface area (Å²) in [7, 11) is 0. The Morgan fingerprint density at radius 1 is 1.28 bits per heavy atom. The van der Waals surface area contributed by atoms with E-state index in [0.717, 1.165) is 6.07 Å². The van der Waals surface area contributed by atoms with E-state index in [1.165, 1.54) is 6.07 Å². The lowest BCUT2D eigenvalue weighted by atomic mass is 10.1. The van der Waals surface area contributed by atoms with Gasteiger partial charge in [-0.1, -0.05) is 23.2 Å². The minimum absolute atomic E-state index is 0.0479. The molecule has 100 valence electrons. The molecule has 1 aromatic carbocycles. The lowest BCUT2D eigenvalue weighted by molar-refractivity contribution is -0.125. The Bertz CT molecular complexity index is 458. The summed E-state index contributed by atoms with van der Waals surface area (Å²) in [5.74, 6) is -0.898. The van der Waals surface area contributed by atoms with Crippen LogP contribution in [0.25, 0.3) is 0 Å². The zero-order valence-corrected chi connectivity index (χ0v) is 10.8. The maximum absolute atomic E-state index is 12.1. The van der Waals surface area contributed by atoms with Gasteiger partial charge >= 0.3 is 6.18 Å². The Morgan fingerprint density at radius 2 is 1.89 bits per heavy atom. The average Bonchev–Trinajstić information content (AvgIpc) is 2.20. The first-order valence-electron chi connectivity index (χ1n) is 4.96. The van der Waals surface area contributed by atoms with Crippen molar-refractivity contribution in [2.45, 2.75) is 19.5 Å². The zero-order valence-electron chi connectivity index (χ0n) is 9.28. The highest BCUT2D eigenvalue weighted by Gasteiger charge is 2.32. The lowest BCUT2D eigenvalue weighted by Gasteiger charge is -2.10. The fourth-order valence-electron chi connectivity index (χ4n) is 1.29. The Labute approximate surface area is 112 Å². The topological polar surface area (TPSA) is 26.3 Å². The number of carbonyl (C=O) groups excluding carboxylic acids is 1. The number of carbonyl (C=O) groups is 1. The Kier molecular flexibility index (Phi) is 4.87. The van der Waals surface area contributed by atoms with E-state index >= 15 is 0 Å². The van der Waals surface area contributed by atoms with Gasteiger partial charge in [0, 0.05) is 11.6 Å². The maximum Gasteiger partial charge on any atom is 0.396 e. The van der Waals surface area contributed by atoms with Crippen molar-refractivity contribution in [2.75, 3.05) is 6.61 Å². The molecule has 0 fully saturated rings. The molecule has 0 saturated carbocycles. The molecule has 0 aromatic heterocycles. The first-order valence-corrected chi connectivity index (χ1v) is 5.72. The second-order valence-corrected chi connectivity index (χ2v) is 4.23. The summed E-state index contributed by atoms with van der Waals surface area (Å²) < 4.78 is 41.4. The van der Waals surface area contributed by atoms with Gasteiger partial charge in [-0.3, -0.25) is 4.79 Å².